The molecule has 6 rings (SSSR count). The molecule has 3 fully saturated rings. The van der Waals surface area contributed by atoms with Crippen LogP contribution in [-0.4, -0.2) is 99.1 Å². The van der Waals surface area contributed by atoms with Crippen LogP contribution in [0.25, 0.3) is 0 Å². The van der Waals surface area contributed by atoms with Crippen LogP contribution in [0.4, 0.5) is 4.39 Å². The second-order valence-electron chi connectivity index (χ2n) is 11.4. The summed E-state index contributed by atoms with van der Waals surface area (Å²) < 4.78 is 20.3. The number of carbonyl (C=O) groups is 2. The maximum absolute atomic E-state index is 14.7. The Balaban J connectivity index is 1.28. The van der Waals surface area contributed by atoms with Crippen LogP contribution in [0.15, 0.2) is 46.0 Å². The first-order valence-electron chi connectivity index (χ1n) is 14.7. The van der Waals surface area contributed by atoms with E-state index < -0.39 is 18.0 Å². The van der Waals surface area contributed by atoms with Crippen molar-refractivity contribution >= 4 is 46.4 Å². The molecule has 13 heteroatoms. The summed E-state index contributed by atoms with van der Waals surface area (Å²) >= 11 is 7.30. The molecule has 43 heavy (non-hydrogen) atoms. The first-order valence-corrected chi connectivity index (χ1v) is 16.0. The Kier molecular flexibility index (Phi) is 8.47. The number of piperazine rings is 1. The number of amidine groups is 1. The van der Waals surface area contributed by atoms with Crippen LogP contribution in [0.1, 0.15) is 48.4 Å². The number of carboxylic acids is 1. The van der Waals surface area contributed by atoms with E-state index >= 15 is 0 Å². The Labute approximate surface area is 259 Å². The third-order valence-corrected chi connectivity index (χ3v) is 10.2. The maximum Gasteiger partial charge on any atom is 0.338 e. The molecule has 4 heterocycles. The lowest BCUT2D eigenvalue weighted by Crippen LogP contribution is -2.53. The minimum Gasteiger partial charge on any atom is -0.481 e. The first-order chi connectivity index (χ1) is 20.7. The van der Waals surface area contributed by atoms with Gasteiger partial charge in [-0.2, -0.15) is 0 Å². The standard InChI is InChI=1S/C30H35FN6O4S2/c1-3-41-29(40)24-23(33-26(27-32-9-12-43-27)34-25(24)21-5-4-6-22(31)17(21)2)16-35-10-11-36-20(14-35)15-37(30(36)42)19-8-7-18(13-19)28(38)39/h4-6,9,12,18-20,25H,3,7-8,10-11,13-16H2,1-2H3,(H,33,34)(H,38,39)/t18-,19+,20?,25?/m1/s1. The highest BCUT2D eigenvalue weighted by Gasteiger charge is 2.44. The predicted octanol–water partition coefficient (Wildman–Crippen LogP) is 3.34. The number of nitrogens with zero attached hydrogens (tertiary/aromatic N) is 5. The van der Waals surface area contributed by atoms with Gasteiger partial charge in [0.15, 0.2) is 16.0 Å². The summed E-state index contributed by atoms with van der Waals surface area (Å²) in [5.41, 5.74) is 2.07. The van der Waals surface area contributed by atoms with Gasteiger partial charge in [0.2, 0.25) is 0 Å². The van der Waals surface area contributed by atoms with E-state index in [2.05, 4.69) is 25.0 Å². The molecule has 1 aliphatic carbocycles. The second-order valence-corrected chi connectivity index (χ2v) is 12.7. The number of fused-ring (bicyclic) bond motifs is 1. The fraction of sp³-hybridized carbons (Fsp3) is 0.500. The van der Waals surface area contributed by atoms with Crippen molar-refractivity contribution in [1.82, 2.24) is 25.0 Å². The number of hydrogen-bond acceptors (Lipinski definition) is 9. The number of aliphatic carboxylic acids is 1. The van der Waals surface area contributed by atoms with Crippen molar-refractivity contribution in [2.45, 2.75) is 51.2 Å². The van der Waals surface area contributed by atoms with Crippen LogP contribution in [0.5, 0.6) is 0 Å². The zero-order valence-electron chi connectivity index (χ0n) is 24.2. The molecule has 10 nitrogen and oxygen atoms in total. The van der Waals surface area contributed by atoms with E-state index in [1.165, 1.54) is 17.4 Å². The van der Waals surface area contributed by atoms with Gasteiger partial charge in [-0.3, -0.25) is 14.7 Å². The van der Waals surface area contributed by atoms with E-state index in [0.29, 0.717) is 52.6 Å². The molecule has 1 aromatic heterocycles. The van der Waals surface area contributed by atoms with Gasteiger partial charge in [0.25, 0.3) is 0 Å². The van der Waals surface area contributed by atoms with Gasteiger partial charge in [0.1, 0.15) is 11.9 Å². The van der Waals surface area contributed by atoms with E-state index in [4.69, 9.17) is 21.9 Å². The quantitative estimate of drug-likeness (QED) is 0.335. The molecule has 0 radical (unpaired) electrons. The number of aliphatic imine (C=N–C) groups is 1. The Hall–Kier alpha value is -3.42. The van der Waals surface area contributed by atoms with E-state index in [0.717, 1.165) is 37.7 Å². The number of thiazole rings is 1. The number of hydrogen-bond donors (Lipinski definition) is 2. The summed E-state index contributed by atoms with van der Waals surface area (Å²) in [6, 6.07) is 4.40. The molecule has 0 amide bonds. The molecule has 228 valence electrons. The van der Waals surface area contributed by atoms with Crippen molar-refractivity contribution in [1.29, 1.82) is 0 Å². The smallest absolute Gasteiger partial charge is 0.338 e. The zero-order valence-corrected chi connectivity index (χ0v) is 25.8. The third-order valence-electron chi connectivity index (χ3n) is 8.90. The number of rotatable bonds is 8. The highest BCUT2D eigenvalue weighted by atomic mass is 32.1. The molecule has 1 saturated carbocycles. The number of thiocarbonyl (C=S) groups is 1. The van der Waals surface area contributed by atoms with Crippen LogP contribution in [0.3, 0.4) is 0 Å². The Morgan fingerprint density at radius 2 is 2.05 bits per heavy atom. The summed E-state index contributed by atoms with van der Waals surface area (Å²) in [5.74, 6) is -1.35. The SMILES string of the molecule is CCOC(=O)C1=C(CN2CCN3C(=S)N([C@H]4CC[C@@H](C(=O)O)C4)CC3C2)NC(c2nccs2)=NC1c1cccc(F)c1C. The fourth-order valence-electron chi connectivity index (χ4n) is 6.70. The molecule has 2 unspecified atom stereocenters. The van der Waals surface area contributed by atoms with Crippen LogP contribution in [-0.2, 0) is 14.3 Å². The number of aromatic nitrogens is 1. The highest BCUT2D eigenvalue weighted by molar-refractivity contribution is 7.80. The minimum atomic E-state index is -0.759. The Morgan fingerprint density at radius 3 is 2.77 bits per heavy atom. The third kappa shape index (κ3) is 5.77. The van der Waals surface area contributed by atoms with E-state index in [1.807, 2.05) is 5.38 Å². The average molecular weight is 627 g/mol. The molecule has 0 spiro atoms. The Bertz CT molecular complexity index is 1480. The molecule has 1 aromatic carbocycles. The zero-order chi connectivity index (χ0) is 30.2. The van der Waals surface area contributed by atoms with Crippen LogP contribution in [0.2, 0.25) is 0 Å². The highest BCUT2D eigenvalue weighted by Crippen LogP contribution is 2.37. The predicted molar refractivity (Wildman–Crippen MR) is 164 cm³/mol. The minimum absolute atomic E-state index is 0.151. The monoisotopic (exact) mass is 626 g/mol. The number of halogens is 1. The van der Waals surface area contributed by atoms with Gasteiger partial charge >= 0.3 is 11.9 Å². The van der Waals surface area contributed by atoms with E-state index in [9.17, 15) is 19.1 Å². The van der Waals surface area contributed by atoms with Crippen LogP contribution in [0, 0.1) is 18.7 Å². The van der Waals surface area contributed by atoms with Gasteiger partial charge in [-0.15, -0.1) is 11.3 Å². The lowest BCUT2D eigenvalue weighted by molar-refractivity contribution is -0.141. The molecule has 4 aliphatic rings. The van der Waals surface area contributed by atoms with Gasteiger partial charge < -0.3 is 25.0 Å². The van der Waals surface area contributed by atoms with E-state index in [-0.39, 0.29) is 30.4 Å². The second kappa shape index (κ2) is 12.3. The molecule has 2 saturated heterocycles. The van der Waals surface area contributed by atoms with E-state index in [1.54, 1.807) is 32.2 Å². The van der Waals surface area contributed by atoms with Crippen molar-refractivity contribution < 1.29 is 23.8 Å². The van der Waals surface area contributed by atoms with Gasteiger partial charge in [-0.25, -0.2) is 14.2 Å². The summed E-state index contributed by atoms with van der Waals surface area (Å²) in [6.45, 7) is 7.03. The van der Waals surface area contributed by atoms with Crippen molar-refractivity contribution in [2.24, 2.45) is 10.9 Å². The van der Waals surface area contributed by atoms with Crippen molar-refractivity contribution in [3.05, 3.63) is 63.0 Å². The number of benzene rings is 1. The molecular formula is C30H35FN6O4S2. The number of nitrogens with one attached hydrogen (secondary N) is 1. The Morgan fingerprint density at radius 1 is 1.21 bits per heavy atom. The molecule has 2 aromatic rings. The topological polar surface area (TPSA) is 111 Å². The lowest BCUT2D eigenvalue weighted by atomic mass is 9.92. The molecule has 3 aliphatic heterocycles. The summed E-state index contributed by atoms with van der Waals surface area (Å²) in [4.78, 5) is 41.2. The summed E-state index contributed by atoms with van der Waals surface area (Å²) in [7, 11) is 0. The number of carboxylic acid groups (broad SMARTS) is 1. The van der Waals surface area contributed by atoms with Crippen LogP contribution >= 0.6 is 23.6 Å². The molecular weight excluding hydrogens is 592 g/mol. The largest absolute Gasteiger partial charge is 0.481 e. The van der Waals surface area contributed by atoms with Gasteiger partial charge in [-0.1, -0.05) is 12.1 Å². The maximum atomic E-state index is 14.7. The number of esters is 1. The molecule has 0 bridgehead atoms. The van der Waals surface area contributed by atoms with Gasteiger partial charge in [0.05, 0.1) is 24.1 Å². The molecule has 4 atom stereocenters. The van der Waals surface area contributed by atoms with Crippen LogP contribution < -0.4 is 5.32 Å². The van der Waals surface area contributed by atoms with Crippen molar-refractivity contribution in [3.8, 4) is 0 Å². The first kappa shape index (κ1) is 29.6. The average Bonchev–Trinajstić information content (AvgIpc) is 3.75. The van der Waals surface area contributed by atoms with Crippen molar-refractivity contribution in [2.75, 3.05) is 39.3 Å². The summed E-state index contributed by atoms with van der Waals surface area (Å²) in [5, 5.41) is 16.2. The number of carbonyl (C=O) groups excluding carboxylic acids is 1. The number of ether oxygens (including phenoxy) is 1. The fourth-order valence-corrected chi connectivity index (χ4v) is 7.75. The molecule has 2 N–H and O–H groups in total. The van der Waals surface area contributed by atoms with Gasteiger partial charge in [0, 0.05) is 56.0 Å². The van der Waals surface area contributed by atoms with Crippen molar-refractivity contribution in [3.63, 3.8) is 0 Å². The van der Waals surface area contributed by atoms with Gasteiger partial charge in [-0.05, 0) is 62.5 Å². The summed E-state index contributed by atoms with van der Waals surface area (Å²) in [6.07, 6.45) is 3.84. The lowest BCUT2D eigenvalue weighted by Gasteiger charge is -2.39. The normalized spacial score (nSPS) is 25.9.